The predicted molar refractivity (Wildman–Crippen MR) is 77.0 cm³/mol. The molecule has 1 saturated heterocycles. The number of amides is 1. The monoisotopic (exact) mass is 296 g/mol. The Morgan fingerprint density at radius 3 is 2.85 bits per heavy atom. The second-order valence-electron chi connectivity index (χ2n) is 5.41. The van der Waals surface area contributed by atoms with Crippen molar-refractivity contribution in [2.45, 2.75) is 39.5 Å². The summed E-state index contributed by atoms with van der Waals surface area (Å²) in [6.07, 6.45) is 4.42. The number of carbonyl (C=O) groups excluding carboxylic acids is 1. The van der Waals surface area contributed by atoms with Crippen LogP contribution in [0.3, 0.4) is 0 Å². The predicted octanol–water partition coefficient (Wildman–Crippen LogP) is 2.56. The molecule has 0 aliphatic carbocycles. The zero-order valence-corrected chi connectivity index (χ0v) is 12.7. The summed E-state index contributed by atoms with van der Waals surface area (Å²) in [6.45, 7) is 4.79. The van der Waals surface area contributed by atoms with E-state index in [1.807, 2.05) is 13.8 Å². The standard InChI is InChI=1S/C14H20N2O3S/c1-3-5-14(13(18)19)6-4-7-16(9-14)12(17)11-8-15-10(2)20-11/h8H,3-7,9H2,1-2H3,(H,18,19). The number of carboxylic acids is 1. The van der Waals surface area contributed by atoms with Gasteiger partial charge in [-0.15, -0.1) is 11.3 Å². The van der Waals surface area contributed by atoms with Crippen LogP contribution < -0.4 is 0 Å². The Kier molecular flexibility index (Phi) is 4.42. The number of aryl methyl sites for hydroxylation is 1. The summed E-state index contributed by atoms with van der Waals surface area (Å²) in [5.74, 6) is -0.866. The van der Waals surface area contributed by atoms with Gasteiger partial charge in [0.1, 0.15) is 4.88 Å². The minimum atomic E-state index is -0.780. The highest BCUT2D eigenvalue weighted by Gasteiger charge is 2.43. The summed E-state index contributed by atoms with van der Waals surface area (Å²) in [7, 11) is 0. The van der Waals surface area contributed by atoms with Gasteiger partial charge in [-0.25, -0.2) is 4.98 Å². The number of hydrogen-bond acceptors (Lipinski definition) is 4. The van der Waals surface area contributed by atoms with Crippen molar-refractivity contribution in [3.8, 4) is 0 Å². The van der Waals surface area contributed by atoms with E-state index in [0.717, 1.165) is 17.8 Å². The Morgan fingerprint density at radius 1 is 1.55 bits per heavy atom. The average molecular weight is 296 g/mol. The van der Waals surface area contributed by atoms with E-state index in [1.165, 1.54) is 11.3 Å². The van der Waals surface area contributed by atoms with Gasteiger partial charge in [-0.3, -0.25) is 9.59 Å². The van der Waals surface area contributed by atoms with E-state index in [1.54, 1.807) is 11.1 Å². The molecule has 0 radical (unpaired) electrons. The lowest BCUT2D eigenvalue weighted by atomic mass is 9.76. The zero-order valence-electron chi connectivity index (χ0n) is 11.9. The molecule has 1 aliphatic rings. The van der Waals surface area contributed by atoms with Crippen molar-refractivity contribution in [2.75, 3.05) is 13.1 Å². The largest absolute Gasteiger partial charge is 0.481 e. The molecule has 1 fully saturated rings. The van der Waals surface area contributed by atoms with Gasteiger partial charge in [-0.1, -0.05) is 13.3 Å². The lowest BCUT2D eigenvalue weighted by molar-refractivity contribution is -0.152. The SMILES string of the molecule is CCCC1(C(=O)O)CCCN(C(=O)c2cnc(C)s2)C1. The molecule has 2 heterocycles. The van der Waals surface area contributed by atoms with Crippen molar-refractivity contribution in [1.82, 2.24) is 9.88 Å². The first-order valence-electron chi connectivity index (χ1n) is 6.93. The molecule has 6 heteroatoms. The fourth-order valence-corrected chi connectivity index (χ4v) is 3.63. The summed E-state index contributed by atoms with van der Waals surface area (Å²) in [4.78, 5) is 30.4. The Morgan fingerprint density at radius 2 is 2.30 bits per heavy atom. The summed E-state index contributed by atoms with van der Waals surface area (Å²) in [5.41, 5.74) is -0.775. The molecule has 110 valence electrons. The Hall–Kier alpha value is -1.43. The van der Waals surface area contributed by atoms with Crippen LogP contribution in [-0.4, -0.2) is 40.0 Å². The molecule has 5 nitrogen and oxygen atoms in total. The van der Waals surface area contributed by atoms with Crippen molar-refractivity contribution in [3.63, 3.8) is 0 Å². The van der Waals surface area contributed by atoms with Crippen LogP contribution in [0.2, 0.25) is 0 Å². The van der Waals surface area contributed by atoms with Crippen LogP contribution in [0.25, 0.3) is 0 Å². The first-order chi connectivity index (χ1) is 9.48. The summed E-state index contributed by atoms with van der Waals surface area (Å²) >= 11 is 1.36. The first kappa shape index (κ1) is 15.0. The van der Waals surface area contributed by atoms with Gasteiger partial charge in [0.15, 0.2) is 0 Å². The molecule has 1 atom stereocenters. The average Bonchev–Trinajstić information content (AvgIpc) is 2.85. The number of aromatic nitrogens is 1. The van der Waals surface area contributed by atoms with Gasteiger partial charge < -0.3 is 10.0 Å². The van der Waals surface area contributed by atoms with Crippen LogP contribution >= 0.6 is 11.3 Å². The Bertz CT molecular complexity index is 510. The molecule has 0 spiro atoms. The number of carbonyl (C=O) groups is 2. The van der Waals surface area contributed by atoms with Crippen molar-refractivity contribution in [3.05, 3.63) is 16.1 Å². The topological polar surface area (TPSA) is 70.5 Å². The van der Waals surface area contributed by atoms with Crippen LogP contribution in [-0.2, 0) is 4.79 Å². The smallest absolute Gasteiger partial charge is 0.311 e. The van der Waals surface area contributed by atoms with E-state index in [-0.39, 0.29) is 5.91 Å². The number of thiazole rings is 1. The second kappa shape index (κ2) is 5.91. The van der Waals surface area contributed by atoms with Crippen molar-refractivity contribution in [1.29, 1.82) is 0 Å². The highest BCUT2D eigenvalue weighted by atomic mass is 32.1. The van der Waals surface area contributed by atoms with Crippen molar-refractivity contribution < 1.29 is 14.7 Å². The summed E-state index contributed by atoms with van der Waals surface area (Å²) in [6, 6.07) is 0. The normalized spacial score (nSPS) is 22.8. The molecule has 0 saturated carbocycles. The number of likely N-dealkylation sites (tertiary alicyclic amines) is 1. The minimum absolute atomic E-state index is 0.0861. The zero-order chi connectivity index (χ0) is 14.8. The quantitative estimate of drug-likeness (QED) is 0.927. The first-order valence-corrected chi connectivity index (χ1v) is 7.75. The number of piperidine rings is 1. The molecule has 1 aromatic heterocycles. The van der Waals surface area contributed by atoms with Gasteiger partial charge in [0.25, 0.3) is 5.91 Å². The van der Waals surface area contributed by atoms with E-state index in [4.69, 9.17) is 0 Å². The number of nitrogens with zero attached hydrogens (tertiary/aromatic N) is 2. The minimum Gasteiger partial charge on any atom is -0.481 e. The highest BCUT2D eigenvalue weighted by molar-refractivity contribution is 7.13. The molecular formula is C14H20N2O3S. The van der Waals surface area contributed by atoms with Crippen LogP contribution in [0.15, 0.2) is 6.20 Å². The molecule has 20 heavy (non-hydrogen) atoms. The lowest BCUT2D eigenvalue weighted by Gasteiger charge is -2.39. The van der Waals surface area contributed by atoms with E-state index in [0.29, 0.717) is 30.8 Å². The van der Waals surface area contributed by atoms with Gasteiger partial charge in [0, 0.05) is 13.1 Å². The van der Waals surface area contributed by atoms with E-state index < -0.39 is 11.4 Å². The fourth-order valence-electron chi connectivity index (χ4n) is 2.89. The van der Waals surface area contributed by atoms with E-state index >= 15 is 0 Å². The molecule has 2 rings (SSSR count). The van der Waals surface area contributed by atoms with Crippen molar-refractivity contribution >= 4 is 23.2 Å². The molecule has 0 bridgehead atoms. The van der Waals surface area contributed by atoms with Gasteiger partial charge >= 0.3 is 5.97 Å². The molecule has 1 aromatic rings. The third kappa shape index (κ3) is 2.85. The van der Waals surface area contributed by atoms with Gasteiger partial charge in [0.2, 0.25) is 0 Å². The number of hydrogen-bond donors (Lipinski definition) is 1. The maximum absolute atomic E-state index is 12.4. The molecule has 1 aliphatic heterocycles. The van der Waals surface area contributed by atoms with Crippen molar-refractivity contribution in [2.24, 2.45) is 5.41 Å². The third-order valence-corrected chi connectivity index (χ3v) is 4.78. The summed E-state index contributed by atoms with van der Waals surface area (Å²) in [5, 5.41) is 10.4. The number of rotatable bonds is 4. The molecule has 1 amide bonds. The van der Waals surface area contributed by atoms with Gasteiger partial charge in [-0.2, -0.15) is 0 Å². The van der Waals surface area contributed by atoms with Gasteiger partial charge in [0.05, 0.1) is 16.6 Å². The number of aliphatic carboxylic acids is 1. The highest BCUT2D eigenvalue weighted by Crippen LogP contribution is 2.35. The van der Waals surface area contributed by atoms with Crippen LogP contribution in [0.1, 0.15) is 47.3 Å². The van der Waals surface area contributed by atoms with E-state index in [2.05, 4.69) is 4.98 Å². The fraction of sp³-hybridized carbons (Fsp3) is 0.643. The third-order valence-electron chi connectivity index (χ3n) is 3.88. The van der Waals surface area contributed by atoms with Crippen LogP contribution in [0.4, 0.5) is 0 Å². The Labute approximate surface area is 122 Å². The molecule has 1 N–H and O–H groups in total. The lowest BCUT2D eigenvalue weighted by Crippen LogP contribution is -2.49. The summed E-state index contributed by atoms with van der Waals surface area (Å²) < 4.78 is 0. The second-order valence-corrected chi connectivity index (χ2v) is 6.64. The van der Waals surface area contributed by atoms with Gasteiger partial charge in [-0.05, 0) is 26.2 Å². The molecule has 1 unspecified atom stereocenters. The maximum Gasteiger partial charge on any atom is 0.311 e. The number of carboxylic acid groups (broad SMARTS) is 1. The van der Waals surface area contributed by atoms with Crippen LogP contribution in [0, 0.1) is 12.3 Å². The molecule has 0 aromatic carbocycles. The molecular weight excluding hydrogens is 276 g/mol. The van der Waals surface area contributed by atoms with E-state index in [9.17, 15) is 14.7 Å². The van der Waals surface area contributed by atoms with Crippen LogP contribution in [0.5, 0.6) is 0 Å². The maximum atomic E-state index is 12.4. The Balaban J connectivity index is 2.17.